The second-order valence-corrected chi connectivity index (χ2v) is 6.43. The van der Waals surface area contributed by atoms with E-state index < -0.39 is 0 Å². The van der Waals surface area contributed by atoms with Gasteiger partial charge < -0.3 is 14.5 Å². The first-order valence-corrected chi connectivity index (χ1v) is 7.86. The number of ether oxygens (including phenoxy) is 1. The molecule has 1 heterocycles. The van der Waals surface area contributed by atoms with Gasteiger partial charge in [0, 0.05) is 19.6 Å². The molecule has 0 aliphatic carbocycles. The fourth-order valence-electron chi connectivity index (χ4n) is 2.96. The van der Waals surface area contributed by atoms with Crippen molar-refractivity contribution in [2.45, 2.75) is 39.3 Å². The summed E-state index contributed by atoms with van der Waals surface area (Å²) in [5.41, 5.74) is 1.32. The Hall–Kier alpha value is -1.48. The van der Waals surface area contributed by atoms with Crippen LogP contribution >= 0.6 is 0 Å². The molecule has 1 aromatic rings. The maximum atomic E-state index is 6.15. The molecule has 1 saturated heterocycles. The second kappa shape index (κ2) is 6.99. The van der Waals surface area contributed by atoms with Crippen LogP contribution in [0.5, 0.6) is 0 Å². The molecule has 0 spiro atoms. The van der Waals surface area contributed by atoms with Gasteiger partial charge in [0.1, 0.15) is 6.61 Å². The Morgan fingerprint density at radius 3 is 2.57 bits per heavy atom. The molecule has 3 heteroatoms. The standard InChI is InChI=1S/C18H28N2O/c1-5-9-17(21-14-16-10-7-6-8-11-16)20-13-12-19(4)15-18(20,2)3/h6-11H,5,12-15H2,1-4H3/b17-9-. The topological polar surface area (TPSA) is 15.7 Å². The van der Waals surface area contributed by atoms with Crippen molar-refractivity contribution in [3.05, 3.63) is 47.9 Å². The summed E-state index contributed by atoms with van der Waals surface area (Å²) in [6.45, 7) is 10.5. The summed E-state index contributed by atoms with van der Waals surface area (Å²) in [6, 6.07) is 10.4. The third kappa shape index (κ3) is 4.24. The van der Waals surface area contributed by atoms with E-state index in [2.05, 4.69) is 68.0 Å². The van der Waals surface area contributed by atoms with Crippen molar-refractivity contribution in [3.63, 3.8) is 0 Å². The van der Waals surface area contributed by atoms with Crippen LogP contribution in [0.2, 0.25) is 0 Å². The van der Waals surface area contributed by atoms with Crippen LogP contribution in [-0.2, 0) is 11.3 Å². The Bertz CT molecular complexity index is 467. The smallest absolute Gasteiger partial charge is 0.185 e. The lowest BCUT2D eigenvalue weighted by atomic mass is 9.99. The van der Waals surface area contributed by atoms with E-state index in [0.717, 1.165) is 31.9 Å². The monoisotopic (exact) mass is 288 g/mol. The summed E-state index contributed by atoms with van der Waals surface area (Å²) in [5.74, 6) is 1.03. The lowest BCUT2D eigenvalue weighted by Crippen LogP contribution is -2.57. The van der Waals surface area contributed by atoms with Gasteiger partial charge in [-0.05, 0) is 39.0 Å². The van der Waals surface area contributed by atoms with Crippen LogP contribution in [-0.4, -0.2) is 42.0 Å². The summed E-state index contributed by atoms with van der Waals surface area (Å²) < 4.78 is 6.15. The summed E-state index contributed by atoms with van der Waals surface area (Å²) >= 11 is 0. The van der Waals surface area contributed by atoms with Crippen molar-refractivity contribution in [2.75, 3.05) is 26.7 Å². The number of nitrogens with zero attached hydrogens (tertiary/aromatic N) is 2. The van der Waals surface area contributed by atoms with Crippen LogP contribution in [0.4, 0.5) is 0 Å². The molecule has 1 aliphatic heterocycles. The minimum atomic E-state index is 0.102. The van der Waals surface area contributed by atoms with Crippen molar-refractivity contribution in [1.29, 1.82) is 0 Å². The molecular weight excluding hydrogens is 260 g/mol. The first-order chi connectivity index (χ1) is 10.0. The number of benzene rings is 1. The van der Waals surface area contributed by atoms with Crippen LogP contribution in [0.25, 0.3) is 0 Å². The molecule has 0 saturated carbocycles. The third-order valence-electron chi connectivity index (χ3n) is 3.97. The third-order valence-corrected chi connectivity index (χ3v) is 3.97. The van der Waals surface area contributed by atoms with Crippen LogP contribution in [0.1, 0.15) is 32.8 Å². The van der Waals surface area contributed by atoms with E-state index in [-0.39, 0.29) is 5.54 Å². The van der Waals surface area contributed by atoms with Gasteiger partial charge >= 0.3 is 0 Å². The second-order valence-electron chi connectivity index (χ2n) is 6.43. The minimum Gasteiger partial charge on any atom is -0.474 e. The Morgan fingerprint density at radius 1 is 1.24 bits per heavy atom. The minimum absolute atomic E-state index is 0.102. The van der Waals surface area contributed by atoms with Gasteiger partial charge in [-0.15, -0.1) is 0 Å². The number of hydrogen-bond acceptors (Lipinski definition) is 3. The van der Waals surface area contributed by atoms with Gasteiger partial charge in [0.15, 0.2) is 5.88 Å². The van der Waals surface area contributed by atoms with Crippen LogP contribution in [0, 0.1) is 0 Å². The fourth-order valence-corrected chi connectivity index (χ4v) is 2.96. The van der Waals surface area contributed by atoms with Crippen LogP contribution < -0.4 is 0 Å². The van der Waals surface area contributed by atoms with Crippen LogP contribution in [0.3, 0.4) is 0 Å². The fraction of sp³-hybridized carbons (Fsp3) is 0.556. The molecule has 21 heavy (non-hydrogen) atoms. The lowest BCUT2D eigenvalue weighted by molar-refractivity contribution is -0.00604. The van der Waals surface area contributed by atoms with Crippen molar-refractivity contribution in [3.8, 4) is 0 Å². The van der Waals surface area contributed by atoms with E-state index in [1.165, 1.54) is 5.56 Å². The van der Waals surface area contributed by atoms with E-state index in [4.69, 9.17) is 4.74 Å². The predicted octanol–water partition coefficient (Wildman–Crippen LogP) is 3.48. The zero-order valence-electron chi connectivity index (χ0n) is 13.8. The average Bonchev–Trinajstić information content (AvgIpc) is 2.44. The molecule has 0 atom stereocenters. The molecule has 0 unspecified atom stereocenters. The van der Waals surface area contributed by atoms with E-state index in [1.54, 1.807) is 0 Å². The summed E-state index contributed by atoms with van der Waals surface area (Å²) in [4.78, 5) is 4.80. The highest BCUT2D eigenvalue weighted by Gasteiger charge is 2.34. The molecular formula is C18H28N2O. The number of likely N-dealkylation sites (N-methyl/N-ethyl adjacent to an activating group) is 1. The molecule has 0 radical (unpaired) electrons. The number of piperazine rings is 1. The quantitative estimate of drug-likeness (QED) is 0.772. The van der Waals surface area contributed by atoms with E-state index in [0.29, 0.717) is 6.61 Å². The molecule has 1 fully saturated rings. The molecule has 1 aliphatic rings. The maximum absolute atomic E-state index is 6.15. The number of rotatable bonds is 5. The molecule has 116 valence electrons. The van der Waals surface area contributed by atoms with Crippen molar-refractivity contribution in [1.82, 2.24) is 9.80 Å². The average molecular weight is 288 g/mol. The first kappa shape index (κ1) is 15.9. The van der Waals surface area contributed by atoms with Gasteiger partial charge in [0.05, 0.1) is 5.54 Å². The predicted molar refractivity (Wildman–Crippen MR) is 87.9 cm³/mol. The Labute approximate surface area is 129 Å². The highest BCUT2D eigenvalue weighted by molar-refractivity contribution is 5.14. The molecule has 1 aromatic carbocycles. The maximum Gasteiger partial charge on any atom is 0.185 e. The Morgan fingerprint density at radius 2 is 1.95 bits per heavy atom. The van der Waals surface area contributed by atoms with E-state index >= 15 is 0 Å². The molecule has 0 bridgehead atoms. The van der Waals surface area contributed by atoms with Crippen molar-refractivity contribution >= 4 is 0 Å². The van der Waals surface area contributed by atoms with Crippen molar-refractivity contribution < 1.29 is 4.74 Å². The number of hydrogen-bond donors (Lipinski definition) is 0. The molecule has 0 aromatic heterocycles. The summed E-state index contributed by atoms with van der Waals surface area (Å²) in [5, 5.41) is 0. The molecule has 2 rings (SSSR count). The zero-order valence-corrected chi connectivity index (χ0v) is 13.8. The highest BCUT2D eigenvalue weighted by Crippen LogP contribution is 2.26. The van der Waals surface area contributed by atoms with E-state index in [9.17, 15) is 0 Å². The summed E-state index contributed by atoms with van der Waals surface area (Å²) in [7, 11) is 2.19. The van der Waals surface area contributed by atoms with Gasteiger partial charge in [-0.3, -0.25) is 0 Å². The first-order valence-electron chi connectivity index (χ1n) is 7.86. The molecule has 0 amide bonds. The van der Waals surface area contributed by atoms with Gasteiger partial charge in [-0.25, -0.2) is 0 Å². The molecule has 3 nitrogen and oxygen atoms in total. The Balaban J connectivity index is 2.07. The lowest BCUT2D eigenvalue weighted by Gasteiger charge is -2.47. The van der Waals surface area contributed by atoms with Crippen LogP contribution in [0.15, 0.2) is 42.3 Å². The summed E-state index contributed by atoms with van der Waals surface area (Å²) in [6.07, 6.45) is 3.20. The van der Waals surface area contributed by atoms with Gasteiger partial charge in [-0.2, -0.15) is 0 Å². The number of allylic oxidation sites excluding steroid dienone is 1. The normalized spacial score (nSPS) is 19.6. The van der Waals surface area contributed by atoms with Gasteiger partial charge in [0.2, 0.25) is 0 Å². The highest BCUT2D eigenvalue weighted by atomic mass is 16.5. The van der Waals surface area contributed by atoms with E-state index in [1.807, 2.05) is 6.07 Å². The van der Waals surface area contributed by atoms with Gasteiger partial charge in [0.25, 0.3) is 0 Å². The largest absolute Gasteiger partial charge is 0.474 e. The molecule has 0 N–H and O–H groups in total. The Kier molecular flexibility index (Phi) is 5.29. The van der Waals surface area contributed by atoms with Crippen molar-refractivity contribution in [2.24, 2.45) is 0 Å². The SMILES string of the molecule is CC/C=C(\OCc1ccccc1)N1CCN(C)CC1(C)C. The zero-order chi connectivity index (χ0) is 15.3. The van der Waals surface area contributed by atoms with Gasteiger partial charge in [-0.1, -0.05) is 37.3 Å².